The van der Waals surface area contributed by atoms with Crippen molar-refractivity contribution in [2.24, 2.45) is 5.41 Å². The zero-order valence-corrected chi connectivity index (χ0v) is 15.7. The molecule has 0 unspecified atom stereocenters. The maximum Gasteiger partial charge on any atom is 0 e. The van der Waals surface area contributed by atoms with Gasteiger partial charge in [0, 0.05) is 20.1 Å². The summed E-state index contributed by atoms with van der Waals surface area (Å²) < 4.78 is 0. The zero-order valence-electron chi connectivity index (χ0n) is 8.65. The molecule has 0 amide bonds. The summed E-state index contributed by atoms with van der Waals surface area (Å²) in [6, 6.07) is 0. The van der Waals surface area contributed by atoms with Crippen LogP contribution in [0.1, 0.15) is 34.6 Å². The molecule has 0 aromatic carbocycles. The van der Waals surface area contributed by atoms with Gasteiger partial charge in [0.25, 0.3) is 0 Å². The SMILES string of the molecule is CC1=[C-]C(C)(C)C(C)=C1C.I.I.[Ir]. The monoisotopic (exact) mass is 584 g/mol. The summed E-state index contributed by atoms with van der Waals surface area (Å²) in [6.45, 7) is 10.9. The van der Waals surface area contributed by atoms with Crippen molar-refractivity contribution in [2.75, 3.05) is 0 Å². The average Bonchev–Trinajstić information content (AvgIpc) is 1.95. The van der Waals surface area contributed by atoms with E-state index in [2.05, 4.69) is 40.7 Å². The van der Waals surface area contributed by atoms with Crippen molar-refractivity contribution in [3.05, 3.63) is 22.8 Å². The Labute approximate surface area is 129 Å². The maximum absolute atomic E-state index is 3.44. The van der Waals surface area contributed by atoms with Gasteiger partial charge >= 0.3 is 0 Å². The van der Waals surface area contributed by atoms with E-state index in [1.165, 1.54) is 16.7 Å². The summed E-state index contributed by atoms with van der Waals surface area (Å²) in [5.74, 6) is 0. The van der Waals surface area contributed by atoms with Crippen LogP contribution in [0.15, 0.2) is 16.7 Å². The Hall–Kier alpha value is 1.59. The smallest absolute Gasteiger partial charge is 0 e. The number of rotatable bonds is 0. The molecule has 3 heteroatoms. The molecule has 0 spiro atoms. The standard InChI is InChI=1S/C10H15.2HI.Ir/c1-7-6-10(4,5)9(3)8(7)2;;;/h1-5H3;2*1H;/q-1;;;. The number of halogens is 2. The van der Waals surface area contributed by atoms with Crippen molar-refractivity contribution in [3.8, 4) is 0 Å². The molecule has 0 aromatic rings. The molecule has 0 heterocycles. The molecule has 0 atom stereocenters. The summed E-state index contributed by atoms with van der Waals surface area (Å²) in [4.78, 5) is 0. The van der Waals surface area contributed by atoms with Gasteiger partial charge in [-0.25, -0.2) is 5.57 Å². The van der Waals surface area contributed by atoms with Crippen LogP contribution in [0.25, 0.3) is 0 Å². The summed E-state index contributed by atoms with van der Waals surface area (Å²) >= 11 is 0. The largest absolute Gasteiger partial charge is 0.263 e. The van der Waals surface area contributed by atoms with Gasteiger partial charge in [0.15, 0.2) is 0 Å². The normalized spacial score (nSPS) is 18.1. The third kappa shape index (κ3) is 4.31. The van der Waals surface area contributed by atoms with E-state index in [1.807, 2.05) is 0 Å². The zero-order chi connectivity index (χ0) is 7.94. The summed E-state index contributed by atoms with van der Waals surface area (Å²) in [7, 11) is 0. The Morgan fingerprint density at radius 2 is 1.38 bits per heavy atom. The van der Waals surface area contributed by atoms with E-state index in [1.54, 1.807) is 0 Å². The number of allylic oxidation sites excluding steroid dienone is 4. The fourth-order valence-electron chi connectivity index (χ4n) is 1.41. The first-order chi connectivity index (χ1) is 4.45. The first-order valence-corrected chi connectivity index (χ1v) is 3.75. The molecular weight excluding hydrogens is 566 g/mol. The molecule has 13 heavy (non-hydrogen) atoms. The fraction of sp³-hybridized carbons (Fsp3) is 0.600. The molecule has 0 saturated heterocycles. The van der Waals surface area contributed by atoms with Crippen LogP contribution in [0.4, 0.5) is 0 Å². The van der Waals surface area contributed by atoms with Crippen LogP contribution in [0.2, 0.25) is 0 Å². The van der Waals surface area contributed by atoms with Crippen LogP contribution in [0.5, 0.6) is 0 Å². The molecule has 81 valence electrons. The Morgan fingerprint density at radius 1 is 1.00 bits per heavy atom. The van der Waals surface area contributed by atoms with Crippen LogP contribution in [0.3, 0.4) is 0 Å². The van der Waals surface area contributed by atoms with E-state index in [4.69, 9.17) is 0 Å². The molecule has 0 saturated carbocycles. The van der Waals surface area contributed by atoms with Crippen molar-refractivity contribution in [3.63, 3.8) is 0 Å². The molecule has 1 aliphatic carbocycles. The Kier molecular flexibility index (Phi) is 10.7. The predicted molar refractivity (Wildman–Crippen MR) is 75.4 cm³/mol. The van der Waals surface area contributed by atoms with Gasteiger partial charge in [-0.1, -0.05) is 33.1 Å². The molecule has 1 aliphatic rings. The van der Waals surface area contributed by atoms with Crippen molar-refractivity contribution in [2.45, 2.75) is 34.6 Å². The topological polar surface area (TPSA) is 0 Å². The number of hydrogen-bond acceptors (Lipinski definition) is 0. The Balaban J connectivity index is -0.000000333. The molecule has 0 aliphatic heterocycles. The third-order valence-corrected chi connectivity index (χ3v) is 2.56. The second kappa shape index (κ2) is 6.96. The predicted octanol–water partition coefficient (Wildman–Crippen LogP) is 4.35. The second-order valence-corrected chi connectivity index (χ2v) is 3.62. The van der Waals surface area contributed by atoms with Gasteiger partial charge < -0.3 is 0 Å². The van der Waals surface area contributed by atoms with Gasteiger partial charge in [0.05, 0.1) is 0 Å². The van der Waals surface area contributed by atoms with E-state index < -0.39 is 0 Å². The Bertz CT molecular complexity index is 227. The molecule has 0 N–H and O–H groups in total. The molecule has 1 radical (unpaired) electrons. The minimum absolute atomic E-state index is 0. The Morgan fingerprint density at radius 3 is 1.46 bits per heavy atom. The van der Waals surface area contributed by atoms with Crippen LogP contribution in [0, 0.1) is 11.5 Å². The molecule has 0 fully saturated rings. The van der Waals surface area contributed by atoms with Gasteiger partial charge in [-0.2, -0.15) is 11.1 Å². The average molecular weight is 583 g/mol. The van der Waals surface area contributed by atoms with Gasteiger partial charge in [-0.15, -0.1) is 54.9 Å². The third-order valence-electron chi connectivity index (χ3n) is 2.56. The fourth-order valence-corrected chi connectivity index (χ4v) is 1.41. The van der Waals surface area contributed by atoms with E-state index in [0.717, 1.165) is 0 Å². The minimum Gasteiger partial charge on any atom is -0.263 e. The van der Waals surface area contributed by atoms with Crippen LogP contribution < -0.4 is 0 Å². The molecular formula is C10H17I2Ir-. The second-order valence-electron chi connectivity index (χ2n) is 3.62. The van der Waals surface area contributed by atoms with Crippen molar-refractivity contribution >= 4 is 48.0 Å². The first kappa shape index (κ1) is 20.1. The summed E-state index contributed by atoms with van der Waals surface area (Å²) in [5.41, 5.74) is 4.39. The summed E-state index contributed by atoms with van der Waals surface area (Å²) in [5, 5.41) is 0. The van der Waals surface area contributed by atoms with E-state index >= 15 is 0 Å². The number of hydrogen-bond donors (Lipinski definition) is 0. The molecule has 1 rings (SSSR count). The molecule has 0 aromatic heterocycles. The van der Waals surface area contributed by atoms with E-state index in [9.17, 15) is 0 Å². The van der Waals surface area contributed by atoms with Gasteiger partial charge in [-0.3, -0.25) is 6.08 Å². The minimum atomic E-state index is 0. The van der Waals surface area contributed by atoms with Crippen molar-refractivity contribution in [1.29, 1.82) is 0 Å². The first-order valence-electron chi connectivity index (χ1n) is 3.75. The molecule has 0 nitrogen and oxygen atoms in total. The van der Waals surface area contributed by atoms with Crippen molar-refractivity contribution in [1.82, 2.24) is 0 Å². The van der Waals surface area contributed by atoms with Gasteiger partial charge in [0.1, 0.15) is 0 Å². The quantitative estimate of drug-likeness (QED) is 0.294. The maximum atomic E-state index is 3.44. The van der Waals surface area contributed by atoms with E-state index in [-0.39, 0.29) is 73.5 Å². The van der Waals surface area contributed by atoms with E-state index in [0.29, 0.717) is 0 Å². The van der Waals surface area contributed by atoms with Crippen LogP contribution in [-0.4, -0.2) is 0 Å². The summed E-state index contributed by atoms with van der Waals surface area (Å²) in [6.07, 6.45) is 3.44. The van der Waals surface area contributed by atoms with Crippen LogP contribution in [-0.2, 0) is 20.1 Å². The van der Waals surface area contributed by atoms with Crippen molar-refractivity contribution < 1.29 is 20.1 Å². The van der Waals surface area contributed by atoms with Gasteiger partial charge in [0.2, 0.25) is 0 Å². The van der Waals surface area contributed by atoms with Crippen LogP contribution >= 0.6 is 48.0 Å². The molecule has 0 bridgehead atoms. The van der Waals surface area contributed by atoms with Gasteiger partial charge in [-0.05, 0) is 0 Å².